The molecule has 0 aromatic heterocycles. The number of carbonyl (C=O) groups is 2. The zero-order valence-corrected chi connectivity index (χ0v) is 33.1. The van der Waals surface area contributed by atoms with Gasteiger partial charge in [0.05, 0.1) is 30.2 Å². The van der Waals surface area contributed by atoms with Crippen LogP contribution in [0.15, 0.2) is 97.1 Å². The number of nitrogens with zero attached hydrogens (tertiary/aromatic N) is 2. The molecule has 7 rings (SSSR count). The third-order valence-corrected chi connectivity index (χ3v) is 11.7. The lowest BCUT2D eigenvalue weighted by molar-refractivity contribution is -0.253. The van der Waals surface area contributed by atoms with Crippen molar-refractivity contribution < 1.29 is 24.2 Å². The van der Waals surface area contributed by atoms with Crippen molar-refractivity contribution >= 4 is 23.2 Å². The van der Waals surface area contributed by atoms with Gasteiger partial charge < -0.3 is 35.8 Å². The monoisotopic (exact) mass is 773 g/mol. The van der Waals surface area contributed by atoms with Gasteiger partial charge in [0.25, 0.3) is 0 Å². The number of nitrogen functional groups attached to an aromatic ring is 1. The number of unbranched alkanes of at least 4 members (excludes halogenated alkanes) is 2. The molecule has 10 nitrogen and oxygen atoms in total. The molecular formula is C47H59N5O5. The third kappa shape index (κ3) is 11.3. The number of likely N-dealkylation sites (tertiary alicyclic amines) is 2. The van der Waals surface area contributed by atoms with Crippen molar-refractivity contribution in [2.24, 2.45) is 0 Å². The molecule has 0 aliphatic carbocycles. The molecule has 0 saturated carbocycles. The highest BCUT2D eigenvalue weighted by atomic mass is 16.7. The fourth-order valence-electron chi connectivity index (χ4n) is 8.53. The van der Waals surface area contributed by atoms with Crippen LogP contribution in [0.1, 0.15) is 98.9 Å². The maximum Gasteiger partial charge on any atom is 0.224 e. The first-order chi connectivity index (χ1) is 27.9. The zero-order chi connectivity index (χ0) is 39.4. The maximum absolute atomic E-state index is 12.8. The minimum atomic E-state index is -0.508. The molecule has 3 fully saturated rings. The summed E-state index contributed by atoms with van der Waals surface area (Å²) in [4.78, 5) is 30.4. The zero-order valence-electron chi connectivity index (χ0n) is 33.1. The van der Waals surface area contributed by atoms with Gasteiger partial charge in [-0.05, 0) is 98.1 Å². The highest BCUT2D eigenvalue weighted by molar-refractivity contribution is 5.93. The summed E-state index contributed by atoms with van der Waals surface area (Å²) in [5.74, 6) is -0.0715. The second-order valence-corrected chi connectivity index (χ2v) is 15.9. The number of hydrogen-bond donors (Lipinski definition) is 4. The molecule has 3 heterocycles. The van der Waals surface area contributed by atoms with Crippen LogP contribution in [-0.2, 0) is 32.2 Å². The van der Waals surface area contributed by atoms with Crippen molar-refractivity contribution in [2.45, 2.75) is 102 Å². The number of anilines is 2. The molecule has 4 atom stereocenters. The lowest BCUT2D eigenvalue weighted by atomic mass is 9.97. The SMILES string of the molecule is Nc1ccccc1NC(=O)CCCCCC(=O)NCc1ccccc1-c1ccc([C@@H]2O[C@H](CN3CCC[C@H]3CN3CCCC3)C[C@H](c3ccc(CO)cc3)O2)cc1. The van der Waals surface area contributed by atoms with Crippen molar-refractivity contribution in [3.05, 3.63) is 119 Å². The van der Waals surface area contributed by atoms with E-state index in [1.165, 1.54) is 38.8 Å². The lowest BCUT2D eigenvalue weighted by Gasteiger charge is -2.39. The molecule has 2 amide bonds. The van der Waals surface area contributed by atoms with Crippen molar-refractivity contribution in [1.29, 1.82) is 0 Å². The summed E-state index contributed by atoms with van der Waals surface area (Å²) in [6, 6.07) is 32.5. The Morgan fingerprint density at radius 3 is 2.25 bits per heavy atom. The van der Waals surface area contributed by atoms with Crippen LogP contribution in [0.4, 0.5) is 11.4 Å². The topological polar surface area (TPSA) is 129 Å². The van der Waals surface area contributed by atoms with Crippen LogP contribution in [0.2, 0.25) is 0 Å². The summed E-state index contributed by atoms with van der Waals surface area (Å²) in [6.07, 6.45) is 8.29. The molecule has 3 aliphatic rings. The van der Waals surface area contributed by atoms with E-state index in [-0.39, 0.29) is 30.6 Å². The summed E-state index contributed by atoms with van der Waals surface area (Å²) < 4.78 is 13.5. The summed E-state index contributed by atoms with van der Waals surface area (Å²) in [5, 5.41) is 15.6. The van der Waals surface area contributed by atoms with Crippen LogP contribution in [0.25, 0.3) is 11.1 Å². The minimum Gasteiger partial charge on any atom is -0.397 e. The first-order valence-electron chi connectivity index (χ1n) is 21.0. The average molecular weight is 774 g/mol. The summed E-state index contributed by atoms with van der Waals surface area (Å²) in [7, 11) is 0. The Kier molecular flexibility index (Phi) is 14.4. The lowest BCUT2D eigenvalue weighted by Crippen LogP contribution is -2.45. The van der Waals surface area contributed by atoms with Gasteiger partial charge in [0, 0.05) is 50.5 Å². The van der Waals surface area contributed by atoms with Gasteiger partial charge in [0.1, 0.15) is 0 Å². The smallest absolute Gasteiger partial charge is 0.224 e. The molecule has 0 spiro atoms. The molecule has 0 unspecified atom stereocenters. The molecule has 5 N–H and O–H groups in total. The van der Waals surface area contributed by atoms with E-state index in [4.69, 9.17) is 15.2 Å². The number of nitrogens with two attached hydrogens (primary N) is 1. The highest BCUT2D eigenvalue weighted by Crippen LogP contribution is 2.39. The van der Waals surface area contributed by atoms with Crippen LogP contribution >= 0.6 is 0 Å². The van der Waals surface area contributed by atoms with E-state index in [1.807, 2.05) is 36.4 Å². The fraction of sp³-hybridized carbons (Fsp3) is 0.447. The van der Waals surface area contributed by atoms with E-state index in [9.17, 15) is 14.7 Å². The number of nitrogens with one attached hydrogen (secondary N) is 2. The normalized spacial score (nSPS) is 21.4. The summed E-state index contributed by atoms with van der Waals surface area (Å²) in [5.41, 5.74) is 13.2. The average Bonchev–Trinajstić information content (AvgIpc) is 3.93. The standard InChI is InChI=1S/C47H59N5O5/c48-42-14-6-7-15-43(42)50-46(55)17-3-1-2-16-45(54)49-30-38-11-4-5-13-41(38)35-22-24-37(25-23-35)47-56-40(29-44(57-47)36-20-18-34(33-53)19-21-36)32-52-28-10-12-39(52)31-51-26-8-9-27-51/h4-7,11,13-15,18-25,39-40,44,47,53H,1-3,8-10,12,16-17,26-33,48H2,(H,49,54)(H,50,55)/t39-,40-,44+,47+/m0/s1. The second-order valence-electron chi connectivity index (χ2n) is 15.9. The van der Waals surface area contributed by atoms with Crippen LogP contribution in [0.3, 0.4) is 0 Å². The Morgan fingerprint density at radius 2 is 1.47 bits per heavy atom. The number of benzene rings is 4. The number of carbonyl (C=O) groups excluding carboxylic acids is 2. The Balaban J connectivity index is 0.938. The molecule has 302 valence electrons. The van der Waals surface area contributed by atoms with E-state index in [1.54, 1.807) is 12.1 Å². The van der Waals surface area contributed by atoms with Crippen LogP contribution in [0, 0.1) is 0 Å². The van der Waals surface area contributed by atoms with Gasteiger partial charge in [0.2, 0.25) is 11.8 Å². The van der Waals surface area contributed by atoms with Crippen molar-refractivity contribution in [3.8, 4) is 11.1 Å². The first-order valence-corrected chi connectivity index (χ1v) is 21.0. The van der Waals surface area contributed by atoms with Crippen LogP contribution in [0.5, 0.6) is 0 Å². The molecule has 3 aliphatic heterocycles. The largest absolute Gasteiger partial charge is 0.397 e. The fourth-order valence-corrected chi connectivity index (χ4v) is 8.53. The van der Waals surface area contributed by atoms with Crippen molar-refractivity contribution in [2.75, 3.05) is 43.8 Å². The third-order valence-electron chi connectivity index (χ3n) is 11.7. The van der Waals surface area contributed by atoms with Crippen molar-refractivity contribution in [3.63, 3.8) is 0 Å². The highest BCUT2D eigenvalue weighted by Gasteiger charge is 2.36. The van der Waals surface area contributed by atoms with Crippen LogP contribution in [-0.4, -0.2) is 71.6 Å². The quantitative estimate of drug-likeness (QED) is 0.0634. The van der Waals surface area contributed by atoms with Crippen molar-refractivity contribution in [1.82, 2.24) is 15.1 Å². The molecule has 0 radical (unpaired) electrons. The Morgan fingerprint density at radius 1 is 0.754 bits per heavy atom. The summed E-state index contributed by atoms with van der Waals surface area (Å²) >= 11 is 0. The number of aliphatic hydroxyl groups is 1. The Bertz CT molecular complexity index is 1900. The Labute approximate surface area is 337 Å². The molecule has 4 aromatic rings. The second kappa shape index (κ2) is 20.2. The van der Waals surface area contributed by atoms with Crippen LogP contribution < -0.4 is 16.4 Å². The predicted octanol–water partition coefficient (Wildman–Crippen LogP) is 7.74. The van der Waals surface area contributed by atoms with E-state index in [2.05, 4.69) is 69.0 Å². The molecule has 10 heteroatoms. The number of amides is 2. The molecule has 0 bridgehead atoms. The predicted molar refractivity (Wildman–Crippen MR) is 225 cm³/mol. The number of aliphatic hydroxyl groups excluding tert-OH is 1. The molecule has 57 heavy (non-hydrogen) atoms. The number of hydrogen-bond acceptors (Lipinski definition) is 8. The first kappa shape index (κ1) is 40.6. The maximum atomic E-state index is 12.8. The van der Waals surface area contributed by atoms with Gasteiger partial charge >= 0.3 is 0 Å². The van der Waals surface area contributed by atoms with Gasteiger partial charge in [-0.15, -0.1) is 0 Å². The van der Waals surface area contributed by atoms with E-state index >= 15 is 0 Å². The van der Waals surface area contributed by atoms with E-state index in [0.29, 0.717) is 49.6 Å². The van der Waals surface area contributed by atoms with E-state index in [0.717, 1.165) is 65.9 Å². The van der Waals surface area contributed by atoms with Gasteiger partial charge in [-0.1, -0.05) is 91.3 Å². The molecule has 3 saturated heterocycles. The molecular weight excluding hydrogens is 715 g/mol. The van der Waals surface area contributed by atoms with E-state index < -0.39 is 6.29 Å². The Hall–Kier alpha value is -4.58. The van der Waals surface area contributed by atoms with Gasteiger partial charge in [-0.3, -0.25) is 14.5 Å². The number of ether oxygens (including phenoxy) is 2. The number of para-hydroxylation sites is 2. The van der Waals surface area contributed by atoms with Gasteiger partial charge in [0.15, 0.2) is 6.29 Å². The minimum absolute atomic E-state index is 0.000312. The number of rotatable bonds is 17. The summed E-state index contributed by atoms with van der Waals surface area (Å²) in [6.45, 7) is 6.05. The molecule has 4 aromatic carbocycles. The van der Waals surface area contributed by atoms with Gasteiger partial charge in [-0.2, -0.15) is 0 Å². The van der Waals surface area contributed by atoms with Gasteiger partial charge in [-0.25, -0.2) is 0 Å².